The fourth-order valence-electron chi connectivity index (χ4n) is 3.03. The fourth-order valence-corrected chi connectivity index (χ4v) is 3.03. The second-order valence-electron chi connectivity index (χ2n) is 6.25. The molecule has 1 aromatic rings. The minimum Gasteiger partial charge on any atom is -0.480 e. The van der Waals surface area contributed by atoms with Gasteiger partial charge in [0.2, 0.25) is 0 Å². The van der Waals surface area contributed by atoms with E-state index in [-0.39, 0.29) is 24.9 Å². The third-order valence-electron chi connectivity index (χ3n) is 4.75. The number of carbonyl (C=O) groups is 3. The van der Waals surface area contributed by atoms with Gasteiger partial charge in [-0.15, -0.1) is 0 Å². The summed E-state index contributed by atoms with van der Waals surface area (Å²) in [6.07, 6.45) is 0.469. The Morgan fingerprint density at radius 2 is 1.39 bits per heavy atom. The highest BCUT2D eigenvalue weighted by molar-refractivity contribution is 5.87. The fraction of sp³-hybridized carbons (Fsp3) is 0.438. The zero-order valence-electron chi connectivity index (χ0n) is 12.9. The summed E-state index contributed by atoms with van der Waals surface area (Å²) in [5.74, 6) is -3.18. The van der Waals surface area contributed by atoms with Crippen LogP contribution in [0.1, 0.15) is 42.6 Å². The highest BCUT2D eigenvalue weighted by atomic mass is 16.4. The summed E-state index contributed by atoms with van der Waals surface area (Å²) >= 11 is 0. The summed E-state index contributed by atoms with van der Waals surface area (Å²) in [7, 11) is 0. The molecule has 0 aromatic heterocycles. The first-order valence-electron chi connectivity index (χ1n) is 7.18. The van der Waals surface area contributed by atoms with Crippen molar-refractivity contribution in [2.24, 2.45) is 0 Å². The van der Waals surface area contributed by atoms with Crippen molar-refractivity contribution >= 4 is 17.9 Å². The van der Waals surface area contributed by atoms with Crippen LogP contribution in [0.2, 0.25) is 0 Å². The first-order chi connectivity index (χ1) is 10.6. The van der Waals surface area contributed by atoms with Crippen LogP contribution >= 0.6 is 0 Å². The molecule has 1 heterocycles. The van der Waals surface area contributed by atoms with Gasteiger partial charge < -0.3 is 15.3 Å². The monoisotopic (exact) mass is 321 g/mol. The van der Waals surface area contributed by atoms with E-state index in [0.717, 1.165) is 0 Å². The third-order valence-corrected chi connectivity index (χ3v) is 4.75. The van der Waals surface area contributed by atoms with Gasteiger partial charge in [0.05, 0.1) is 5.56 Å². The molecule has 7 heteroatoms. The van der Waals surface area contributed by atoms with Crippen LogP contribution < -0.4 is 0 Å². The molecule has 0 amide bonds. The van der Waals surface area contributed by atoms with Crippen LogP contribution in [-0.2, 0) is 16.1 Å². The molecule has 124 valence electrons. The Hall–Kier alpha value is -2.41. The summed E-state index contributed by atoms with van der Waals surface area (Å²) in [5.41, 5.74) is -1.77. The summed E-state index contributed by atoms with van der Waals surface area (Å²) in [4.78, 5) is 35.7. The van der Waals surface area contributed by atoms with E-state index in [2.05, 4.69) is 0 Å². The zero-order chi connectivity index (χ0) is 17.4. The number of carboxylic acid groups (broad SMARTS) is 3. The Morgan fingerprint density at radius 3 is 1.74 bits per heavy atom. The smallest absolute Gasteiger partial charge is 0.335 e. The van der Waals surface area contributed by atoms with Gasteiger partial charge in [0, 0.05) is 6.54 Å². The van der Waals surface area contributed by atoms with Gasteiger partial charge in [0.15, 0.2) is 0 Å². The van der Waals surface area contributed by atoms with Gasteiger partial charge in [-0.1, -0.05) is 12.1 Å². The molecule has 1 aliphatic heterocycles. The molecule has 7 nitrogen and oxygen atoms in total. The first-order valence-corrected chi connectivity index (χ1v) is 7.18. The van der Waals surface area contributed by atoms with Crippen LogP contribution in [0.25, 0.3) is 0 Å². The molecule has 0 bridgehead atoms. The van der Waals surface area contributed by atoms with E-state index in [4.69, 9.17) is 5.11 Å². The SMILES string of the molecule is CC1(C(=O)O)CCC(C)(C(=O)O)N1Cc1ccc(C(=O)O)cc1. The number of carboxylic acids is 3. The van der Waals surface area contributed by atoms with E-state index in [1.54, 1.807) is 12.1 Å². The normalized spacial score (nSPS) is 27.7. The molecule has 0 aliphatic carbocycles. The van der Waals surface area contributed by atoms with Crippen molar-refractivity contribution in [2.75, 3.05) is 0 Å². The van der Waals surface area contributed by atoms with Crippen molar-refractivity contribution < 1.29 is 29.7 Å². The predicted molar refractivity (Wildman–Crippen MR) is 80.3 cm³/mol. The molecular weight excluding hydrogens is 302 g/mol. The topological polar surface area (TPSA) is 115 Å². The van der Waals surface area contributed by atoms with Gasteiger partial charge in [-0.05, 0) is 44.4 Å². The number of hydrogen-bond donors (Lipinski definition) is 3. The molecule has 1 aromatic carbocycles. The molecule has 1 saturated heterocycles. The standard InChI is InChI=1S/C16H19NO6/c1-15(13(20)21)7-8-16(2,14(22)23)17(15)9-10-3-5-11(6-4-10)12(18)19/h3-6H,7-9H2,1-2H3,(H,18,19)(H,20,21)(H,22,23). The number of rotatable bonds is 5. The molecule has 2 unspecified atom stereocenters. The molecule has 3 N–H and O–H groups in total. The molecule has 0 radical (unpaired) electrons. The maximum absolute atomic E-state index is 11.7. The van der Waals surface area contributed by atoms with Crippen molar-refractivity contribution in [3.8, 4) is 0 Å². The van der Waals surface area contributed by atoms with Gasteiger partial charge in [-0.25, -0.2) is 4.79 Å². The van der Waals surface area contributed by atoms with E-state index in [9.17, 15) is 24.6 Å². The lowest BCUT2D eigenvalue weighted by molar-refractivity contribution is -0.159. The van der Waals surface area contributed by atoms with E-state index in [0.29, 0.717) is 5.56 Å². The quantitative estimate of drug-likeness (QED) is 0.755. The Morgan fingerprint density at radius 1 is 0.957 bits per heavy atom. The summed E-state index contributed by atoms with van der Waals surface area (Å²) in [6.45, 7) is 3.16. The van der Waals surface area contributed by atoms with Crippen molar-refractivity contribution in [2.45, 2.75) is 44.3 Å². The molecule has 2 rings (SSSR count). The maximum Gasteiger partial charge on any atom is 0.335 e. The number of nitrogens with zero attached hydrogens (tertiary/aromatic N) is 1. The van der Waals surface area contributed by atoms with E-state index in [1.807, 2.05) is 0 Å². The maximum atomic E-state index is 11.7. The zero-order valence-corrected chi connectivity index (χ0v) is 12.9. The van der Waals surface area contributed by atoms with Crippen LogP contribution in [-0.4, -0.2) is 49.2 Å². The largest absolute Gasteiger partial charge is 0.480 e. The number of hydrogen-bond acceptors (Lipinski definition) is 4. The highest BCUT2D eigenvalue weighted by Crippen LogP contribution is 2.42. The van der Waals surface area contributed by atoms with Crippen LogP contribution in [0.4, 0.5) is 0 Å². The van der Waals surface area contributed by atoms with Crippen molar-refractivity contribution in [3.63, 3.8) is 0 Å². The third kappa shape index (κ3) is 2.79. The molecular formula is C16H19NO6. The lowest BCUT2D eigenvalue weighted by Gasteiger charge is -2.39. The molecule has 2 atom stereocenters. The van der Waals surface area contributed by atoms with Gasteiger partial charge in [-0.3, -0.25) is 14.5 Å². The summed E-state index contributed by atoms with van der Waals surface area (Å²) in [6, 6.07) is 5.99. The van der Waals surface area contributed by atoms with E-state index in [1.165, 1.54) is 30.9 Å². The van der Waals surface area contributed by atoms with Crippen LogP contribution in [0.15, 0.2) is 24.3 Å². The first kappa shape index (κ1) is 17.0. The van der Waals surface area contributed by atoms with Crippen LogP contribution in [0, 0.1) is 0 Å². The predicted octanol–water partition coefficient (Wildman–Crippen LogP) is 1.67. The molecule has 1 fully saturated rings. The molecule has 1 aliphatic rings. The molecule has 23 heavy (non-hydrogen) atoms. The highest BCUT2D eigenvalue weighted by Gasteiger charge is 2.57. The van der Waals surface area contributed by atoms with Crippen molar-refractivity contribution in [3.05, 3.63) is 35.4 Å². The second kappa shape index (κ2) is 5.66. The molecule has 0 spiro atoms. The van der Waals surface area contributed by atoms with E-state index >= 15 is 0 Å². The average Bonchev–Trinajstić information content (AvgIpc) is 2.75. The Kier molecular flexibility index (Phi) is 4.17. The summed E-state index contributed by atoms with van der Waals surface area (Å²) < 4.78 is 0. The lowest BCUT2D eigenvalue weighted by Crippen LogP contribution is -2.57. The van der Waals surface area contributed by atoms with Gasteiger partial charge >= 0.3 is 17.9 Å². The van der Waals surface area contributed by atoms with Crippen LogP contribution in [0.3, 0.4) is 0 Å². The number of aromatic carboxylic acids is 1. The van der Waals surface area contributed by atoms with Gasteiger partial charge in [-0.2, -0.15) is 0 Å². The molecule has 0 saturated carbocycles. The van der Waals surface area contributed by atoms with Gasteiger partial charge in [0.25, 0.3) is 0 Å². The van der Waals surface area contributed by atoms with E-state index < -0.39 is 29.0 Å². The van der Waals surface area contributed by atoms with Crippen LogP contribution in [0.5, 0.6) is 0 Å². The van der Waals surface area contributed by atoms with Crippen molar-refractivity contribution in [1.29, 1.82) is 0 Å². The minimum absolute atomic E-state index is 0.117. The summed E-state index contributed by atoms with van der Waals surface area (Å²) in [5, 5.41) is 28.0. The minimum atomic E-state index is -1.28. The number of likely N-dealkylation sites (tertiary alicyclic amines) is 1. The Labute approximate surface area is 133 Å². The van der Waals surface area contributed by atoms with Gasteiger partial charge in [0.1, 0.15) is 11.1 Å². The second-order valence-corrected chi connectivity index (χ2v) is 6.25. The Balaban J connectivity index is 2.37. The number of aliphatic carboxylic acids is 2. The average molecular weight is 321 g/mol. The Bertz CT molecular complexity index is 627. The number of benzene rings is 1. The van der Waals surface area contributed by atoms with Crippen molar-refractivity contribution in [1.82, 2.24) is 4.90 Å². The lowest BCUT2D eigenvalue weighted by atomic mass is 9.98.